The fourth-order valence-electron chi connectivity index (χ4n) is 6.46. The first-order chi connectivity index (χ1) is 21.3. The molecule has 0 saturated carbocycles. The third kappa shape index (κ3) is 6.14. The number of amidine groups is 1. The van der Waals surface area contributed by atoms with Gasteiger partial charge in [-0.3, -0.25) is 9.89 Å². The second kappa shape index (κ2) is 12.9. The zero-order chi connectivity index (χ0) is 32.6. The van der Waals surface area contributed by atoms with Crippen molar-refractivity contribution in [1.29, 1.82) is 0 Å². The molecule has 2 aliphatic rings. The van der Waals surface area contributed by atoms with E-state index in [0.29, 0.717) is 35.5 Å². The standard InChI is InChI=1S/C34H36Cl2F3N3O3/c1-4-45-29-21-25(34(37,38)39)9-14-28(29)30-40-32(2,23-5-10-26(35)11-6-23)33(3,24-7-12-27(36)13-8-24)42(30)31(44)41-18-15-22(16-19-41)17-20-43/h5-14,21-22,43H,4,15-20H2,1-3H3/t32-,33-/m0/s1. The highest BCUT2D eigenvalue weighted by Crippen LogP contribution is 2.54. The third-order valence-corrected chi connectivity index (χ3v) is 9.72. The Bertz CT molecular complexity index is 1560. The van der Waals surface area contributed by atoms with Crippen LogP contribution in [0.5, 0.6) is 5.75 Å². The predicted molar refractivity (Wildman–Crippen MR) is 170 cm³/mol. The lowest BCUT2D eigenvalue weighted by Crippen LogP contribution is -2.59. The van der Waals surface area contributed by atoms with Crippen LogP contribution in [-0.2, 0) is 17.3 Å². The molecule has 2 heterocycles. The van der Waals surface area contributed by atoms with E-state index in [4.69, 9.17) is 32.9 Å². The Hall–Kier alpha value is -3.27. The van der Waals surface area contributed by atoms with E-state index < -0.39 is 22.8 Å². The van der Waals surface area contributed by atoms with E-state index in [9.17, 15) is 23.1 Å². The summed E-state index contributed by atoms with van der Waals surface area (Å²) in [5.41, 5.74) is -1.41. The summed E-state index contributed by atoms with van der Waals surface area (Å²) in [6.45, 7) is 6.65. The van der Waals surface area contributed by atoms with Gasteiger partial charge in [0.2, 0.25) is 0 Å². The van der Waals surface area contributed by atoms with Gasteiger partial charge in [0.05, 0.1) is 17.7 Å². The van der Waals surface area contributed by atoms with Crippen LogP contribution in [0.4, 0.5) is 18.0 Å². The number of urea groups is 1. The molecule has 0 bridgehead atoms. The molecular formula is C34H36Cl2F3N3O3. The number of hydrogen-bond donors (Lipinski definition) is 1. The molecule has 3 aromatic rings. The Kier molecular flexibility index (Phi) is 9.45. The highest BCUT2D eigenvalue weighted by atomic mass is 35.5. The van der Waals surface area contributed by atoms with Crippen molar-refractivity contribution in [3.63, 3.8) is 0 Å². The molecule has 45 heavy (non-hydrogen) atoms. The summed E-state index contributed by atoms with van der Waals surface area (Å²) < 4.78 is 47.2. The van der Waals surface area contributed by atoms with Gasteiger partial charge in [-0.15, -0.1) is 0 Å². The first kappa shape index (κ1) is 33.1. The number of piperidine rings is 1. The van der Waals surface area contributed by atoms with Crippen LogP contribution in [0.25, 0.3) is 0 Å². The Balaban J connectivity index is 1.75. The predicted octanol–water partition coefficient (Wildman–Crippen LogP) is 8.52. The average molecular weight is 663 g/mol. The van der Waals surface area contributed by atoms with E-state index in [0.717, 1.165) is 36.1 Å². The third-order valence-electron chi connectivity index (χ3n) is 9.21. The van der Waals surface area contributed by atoms with Gasteiger partial charge < -0.3 is 14.7 Å². The van der Waals surface area contributed by atoms with Crippen molar-refractivity contribution in [2.24, 2.45) is 10.9 Å². The van der Waals surface area contributed by atoms with Gasteiger partial charge in [0, 0.05) is 29.7 Å². The van der Waals surface area contributed by atoms with E-state index in [2.05, 4.69) is 0 Å². The number of likely N-dealkylation sites (tertiary alicyclic amines) is 1. The summed E-state index contributed by atoms with van der Waals surface area (Å²) in [7, 11) is 0. The monoisotopic (exact) mass is 661 g/mol. The van der Waals surface area contributed by atoms with Crippen molar-refractivity contribution in [2.45, 2.75) is 57.3 Å². The topological polar surface area (TPSA) is 65.4 Å². The zero-order valence-electron chi connectivity index (χ0n) is 25.4. The number of aliphatic hydroxyl groups excluding tert-OH is 1. The highest BCUT2D eigenvalue weighted by molar-refractivity contribution is 6.30. The molecular weight excluding hydrogens is 626 g/mol. The summed E-state index contributed by atoms with van der Waals surface area (Å²) in [5.74, 6) is 0.473. The number of halogens is 5. The van der Waals surface area contributed by atoms with Crippen LogP contribution in [0.15, 0.2) is 71.7 Å². The minimum absolute atomic E-state index is 0.0238. The number of hydrogen-bond acceptors (Lipinski definition) is 4. The van der Waals surface area contributed by atoms with Gasteiger partial charge in [-0.25, -0.2) is 4.79 Å². The van der Waals surface area contributed by atoms with Crippen LogP contribution in [0.1, 0.15) is 62.3 Å². The fraction of sp³-hybridized carbons (Fsp3) is 0.412. The summed E-state index contributed by atoms with van der Waals surface area (Å²) in [6, 6.07) is 17.3. The molecule has 0 unspecified atom stereocenters. The van der Waals surface area contributed by atoms with Gasteiger partial charge in [0.1, 0.15) is 22.7 Å². The maximum absolute atomic E-state index is 14.8. The summed E-state index contributed by atoms with van der Waals surface area (Å²) in [6.07, 6.45) is -2.48. The smallest absolute Gasteiger partial charge is 0.416 e. The number of alkyl halides is 3. The van der Waals surface area contributed by atoms with Crippen LogP contribution in [0.3, 0.4) is 0 Å². The lowest BCUT2D eigenvalue weighted by molar-refractivity contribution is -0.137. The second-order valence-corrected chi connectivity index (χ2v) is 12.7. The maximum atomic E-state index is 14.8. The van der Waals surface area contributed by atoms with Crippen LogP contribution >= 0.6 is 23.2 Å². The van der Waals surface area contributed by atoms with Gasteiger partial charge in [-0.2, -0.15) is 13.2 Å². The molecule has 1 fully saturated rings. The lowest BCUT2D eigenvalue weighted by atomic mass is 9.71. The molecule has 5 rings (SSSR count). The molecule has 1 N–H and O–H groups in total. The summed E-state index contributed by atoms with van der Waals surface area (Å²) in [4.78, 5) is 23.4. The number of amides is 2. The molecule has 0 aromatic heterocycles. The normalized spacial score (nSPS) is 22.5. The fourth-order valence-corrected chi connectivity index (χ4v) is 6.71. The van der Waals surface area contributed by atoms with Crippen molar-refractivity contribution in [2.75, 3.05) is 26.3 Å². The minimum atomic E-state index is -4.59. The van der Waals surface area contributed by atoms with Gasteiger partial charge >= 0.3 is 12.2 Å². The zero-order valence-corrected chi connectivity index (χ0v) is 26.9. The molecule has 0 aliphatic carbocycles. The summed E-state index contributed by atoms with van der Waals surface area (Å²) in [5, 5.41) is 10.5. The lowest BCUT2D eigenvalue weighted by Gasteiger charge is -2.47. The van der Waals surface area contributed by atoms with Crippen molar-refractivity contribution in [3.8, 4) is 5.75 Å². The van der Waals surface area contributed by atoms with E-state index in [1.807, 2.05) is 38.1 Å². The number of aliphatic imine (C=N–C) groups is 1. The molecule has 240 valence electrons. The number of aliphatic hydroxyl groups is 1. The van der Waals surface area contributed by atoms with Crippen molar-refractivity contribution < 1.29 is 27.8 Å². The minimum Gasteiger partial charge on any atom is -0.493 e. The first-order valence-electron chi connectivity index (χ1n) is 15.0. The van der Waals surface area contributed by atoms with Gasteiger partial charge in [-0.05, 0) is 99.5 Å². The van der Waals surface area contributed by atoms with E-state index in [1.54, 1.807) is 41.0 Å². The molecule has 0 radical (unpaired) electrons. The number of rotatable bonds is 7. The molecule has 1 saturated heterocycles. The van der Waals surface area contributed by atoms with Gasteiger partial charge in [-0.1, -0.05) is 47.5 Å². The van der Waals surface area contributed by atoms with Crippen molar-refractivity contribution in [3.05, 3.63) is 99.0 Å². The van der Waals surface area contributed by atoms with E-state index in [1.165, 1.54) is 6.07 Å². The molecule has 6 nitrogen and oxygen atoms in total. The first-order valence-corrected chi connectivity index (χ1v) is 15.8. The average Bonchev–Trinajstić information content (AvgIpc) is 3.25. The Morgan fingerprint density at radius 2 is 1.56 bits per heavy atom. The SMILES string of the molecule is CCOc1cc(C(F)(F)F)ccc1C1=N[C@@](C)(c2ccc(Cl)cc2)[C@](C)(c2ccc(Cl)cc2)N1C(=O)N1CCC(CCO)CC1. The maximum Gasteiger partial charge on any atom is 0.416 e. The second-order valence-electron chi connectivity index (χ2n) is 11.8. The van der Waals surface area contributed by atoms with Crippen molar-refractivity contribution >= 4 is 35.1 Å². The molecule has 11 heteroatoms. The largest absolute Gasteiger partial charge is 0.493 e. The van der Waals surface area contributed by atoms with Crippen LogP contribution in [0, 0.1) is 5.92 Å². The molecule has 2 atom stereocenters. The van der Waals surface area contributed by atoms with Gasteiger partial charge in [0.25, 0.3) is 0 Å². The van der Waals surface area contributed by atoms with Crippen LogP contribution in [-0.4, -0.2) is 53.1 Å². The van der Waals surface area contributed by atoms with Crippen LogP contribution in [0.2, 0.25) is 10.0 Å². The van der Waals surface area contributed by atoms with Gasteiger partial charge in [0.15, 0.2) is 0 Å². The Morgan fingerprint density at radius 1 is 0.978 bits per heavy atom. The number of ether oxygens (including phenoxy) is 1. The molecule has 3 aromatic carbocycles. The molecule has 2 amide bonds. The van der Waals surface area contributed by atoms with E-state index >= 15 is 0 Å². The highest BCUT2D eigenvalue weighted by Gasteiger charge is 2.60. The molecule has 2 aliphatic heterocycles. The van der Waals surface area contributed by atoms with Crippen LogP contribution < -0.4 is 4.74 Å². The number of benzene rings is 3. The quantitative estimate of drug-likeness (QED) is 0.276. The number of carbonyl (C=O) groups is 1. The van der Waals surface area contributed by atoms with Crippen molar-refractivity contribution in [1.82, 2.24) is 9.80 Å². The Labute approximate surface area is 271 Å². The van der Waals surface area contributed by atoms with E-state index in [-0.39, 0.29) is 36.4 Å². The summed E-state index contributed by atoms with van der Waals surface area (Å²) >= 11 is 12.6. The number of carbonyl (C=O) groups excluding carboxylic acids is 1. The molecule has 0 spiro atoms. The Morgan fingerprint density at radius 3 is 2.09 bits per heavy atom. The number of nitrogens with zero attached hydrogens (tertiary/aromatic N) is 3.